The van der Waals surface area contributed by atoms with E-state index in [1.807, 2.05) is 39.8 Å². The molecule has 1 fully saturated rings. The Bertz CT molecular complexity index is 748. The zero-order valence-electron chi connectivity index (χ0n) is 17.1. The van der Waals surface area contributed by atoms with Crippen LogP contribution >= 0.6 is 15.9 Å². The molecule has 0 bridgehead atoms. The van der Waals surface area contributed by atoms with Crippen molar-refractivity contribution in [2.75, 3.05) is 6.61 Å². The van der Waals surface area contributed by atoms with Crippen molar-refractivity contribution in [3.8, 4) is 5.75 Å². The van der Waals surface area contributed by atoms with E-state index in [-0.39, 0.29) is 23.8 Å². The lowest BCUT2D eigenvalue weighted by molar-refractivity contribution is 0.0484. The van der Waals surface area contributed by atoms with Crippen molar-refractivity contribution in [2.45, 2.75) is 71.4 Å². The van der Waals surface area contributed by atoms with Gasteiger partial charge in [-0.05, 0) is 99.3 Å². The van der Waals surface area contributed by atoms with Crippen molar-refractivity contribution in [2.24, 2.45) is 11.8 Å². The Labute approximate surface area is 175 Å². The molecule has 1 aliphatic carbocycles. The highest BCUT2D eigenvalue weighted by Gasteiger charge is 2.34. The monoisotopic (exact) mass is 451 g/mol. The van der Waals surface area contributed by atoms with Gasteiger partial charge in [-0.25, -0.2) is 4.79 Å². The van der Waals surface area contributed by atoms with Crippen molar-refractivity contribution >= 4 is 27.8 Å². The van der Waals surface area contributed by atoms with Crippen molar-refractivity contribution in [1.29, 1.82) is 0 Å². The first kappa shape index (κ1) is 21.2. The second-order valence-corrected chi connectivity index (χ2v) is 9.95. The van der Waals surface area contributed by atoms with Crippen LogP contribution < -0.4 is 10.1 Å². The Kier molecular flexibility index (Phi) is 6.37. The number of aryl methyl sites for hydroxylation is 1. The molecular weight excluding hydrogens is 422 g/mol. The summed E-state index contributed by atoms with van der Waals surface area (Å²) in [6.45, 7) is 8.03. The molecule has 1 aromatic rings. The maximum Gasteiger partial charge on any atom is 0.407 e. The van der Waals surface area contributed by atoms with E-state index in [0.717, 1.165) is 42.1 Å². The molecule has 1 atom stereocenters. The fraction of sp³-hybridized carbons (Fsp3) is 0.636. The third-order valence-electron chi connectivity index (χ3n) is 5.44. The third kappa shape index (κ3) is 5.28. The molecule has 0 unspecified atom stereocenters. The number of benzene rings is 1. The van der Waals surface area contributed by atoms with Gasteiger partial charge in [-0.2, -0.15) is 0 Å². The molecular formula is C22H30BrNO4. The predicted octanol–water partition coefficient (Wildman–Crippen LogP) is 5.42. The second-order valence-electron chi connectivity index (χ2n) is 9.10. The largest absolute Gasteiger partial charge is 0.491 e. The summed E-state index contributed by atoms with van der Waals surface area (Å²) >= 11 is 3.50. The lowest BCUT2D eigenvalue weighted by Crippen LogP contribution is -2.41. The summed E-state index contributed by atoms with van der Waals surface area (Å²) in [5.74, 6) is 1.28. The average molecular weight is 452 g/mol. The van der Waals surface area contributed by atoms with Crippen molar-refractivity contribution in [3.63, 3.8) is 0 Å². The van der Waals surface area contributed by atoms with Gasteiger partial charge in [0.2, 0.25) is 0 Å². The maximum absolute atomic E-state index is 13.0. The van der Waals surface area contributed by atoms with Gasteiger partial charge in [-0.15, -0.1) is 0 Å². The van der Waals surface area contributed by atoms with Crippen LogP contribution in [0.2, 0.25) is 0 Å². The van der Waals surface area contributed by atoms with Crippen LogP contribution in [0.1, 0.15) is 68.8 Å². The molecule has 28 heavy (non-hydrogen) atoms. The number of carbonyl (C=O) groups is 2. The minimum absolute atomic E-state index is 0.0819. The lowest BCUT2D eigenvalue weighted by atomic mass is 9.78. The van der Waals surface area contributed by atoms with Gasteiger partial charge in [0.05, 0.1) is 22.6 Å². The summed E-state index contributed by atoms with van der Waals surface area (Å²) in [4.78, 5) is 24.9. The van der Waals surface area contributed by atoms with E-state index in [0.29, 0.717) is 23.8 Å². The van der Waals surface area contributed by atoms with E-state index in [1.54, 1.807) is 0 Å². The topological polar surface area (TPSA) is 64.6 Å². The Balaban J connectivity index is 1.51. The number of halogens is 1. The summed E-state index contributed by atoms with van der Waals surface area (Å²) in [5.41, 5.74) is 1.27. The van der Waals surface area contributed by atoms with E-state index < -0.39 is 5.60 Å². The first-order chi connectivity index (χ1) is 13.1. The smallest absolute Gasteiger partial charge is 0.407 e. The summed E-state index contributed by atoms with van der Waals surface area (Å²) in [7, 11) is 0. The van der Waals surface area contributed by atoms with Gasteiger partial charge in [0.1, 0.15) is 11.4 Å². The van der Waals surface area contributed by atoms with Gasteiger partial charge < -0.3 is 14.8 Å². The summed E-state index contributed by atoms with van der Waals surface area (Å²) in [6.07, 6.45) is 4.37. The number of ketones is 1. The van der Waals surface area contributed by atoms with Gasteiger partial charge in [0.25, 0.3) is 0 Å². The number of hydrogen-bond acceptors (Lipinski definition) is 4. The van der Waals surface area contributed by atoms with E-state index in [9.17, 15) is 9.59 Å². The zero-order chi connectivity index (χ0) is 20.5. The molecule has 1 saturated carbocycles. The van der Waals surface area contributed by atoms with Gasteiger partial charge in [0, 0.05) is 6.04 Å². The van der Waals surface area contributed by atoms with Crippen LogP contribution in [-0.4, -0.2) is 30.1 Å². The molecule has 1 aliphatic heterocycles. The SMILES string of the molecule is Cc1cc(Br)c2c(c1)C(=O)[C@H](CC1CCC(NC(=O)OC(C)(C)C)CC1)CO2. The van der Waals surface area contributed by atoms with Crippen molar-refractivity contribution in [1.82, 2.24) is 5.32 Å². The number of Topliss-reactive ketones (excluding diaryl/α,β-unsaturated/α-hetero) is 1. The molecule has 2 aliphatic rings. The van der Waals surface area contributed by atoms with Crippen LogP contribution in [0, 0.1) is 18.8 Å². The van der Waals surface area contributed by atoms with Crippen LogP contribution in [0.25, 0.3) is 0 Å². The molecule has 0 spiro atoms. The normalized spacial score (nSPS) is 24.9. The molecule has 3 rings (SSSR count). The fourth-order valence-corrected chi connectivity index (χ4v) is 4.82. The van der Waals surface area contributed by atoms with Gasteiger partial charge >= 0.3 is 6.09 Å². The van der Waals surface area contributed by atoms with Crippen LogP contribution in [0.15, 0.2) is 16.6 Å². The van der Waals surface area contributed by atoms with Crippen LogP contribution in [0.4, 0.5) is 4.79 Å². The molecule has 154 valence electrons. The van der Waals surface area contributed by atoms with E-state index in [4.69, 9.17) is 9.47 Å². The third-order valence-corrected chi connectivity index (χ3v) is 6.03. The number of rotatable bonds is 3. The number of alkyl carbamates (subject to hydrolysis) is 1. The Morgan fingerprint density at radius 3 is 2.57 bits per heavy atom. The Morgan fingerprint density at radius 1 is 1.25 bits per heavy atom. The fourth-order valence-electron chi connectivity index (χ4n) is 4.13. The lowest BCUT2D eigenvalue weighted by Gasteiger charge is -2.33. The first-order valence-electron chi connectivity index (χ1n) is 10.1. The highest BCUT2D eigenvalue weighted by atomic mass is 79.9. The minimum Gasteiger partial charge on any atom is -0.491 e. The number of nitrogens with one attached hydrogen (secondary N) is 1. The van der Waals surface area contributed by atoms with E-state index in [2.05, 4.69) is 21.2 Å². The number of carbonyl (C=O) groups excluding carboxylic acids is 2. The van der Waals surface area contributed by atoms with E-state index >= 15 is 0 Å². The summed E-state index contributed by atoms with van der Waals surface area (Å²) in [5, 5.41) is 2.98. The van der Waals surface area contributed by atoms with Gasteiger partial charge in [-0.3, -0.25) is 4.79 Å². The van der Waals surface area contributed by atoms with Crippen molar-refractivity contribution in [3.05, 3.63) is 27.7 Å². The highest BCUT2D eigenvalue weighted by molar-refractivity contribution is 9.10. The first-order valence-corrected chi connectivity index (χ1v) is 10.9. The summed E-state index contributed by atoms with van der Waals surface area (Å²) in [6, 6.07) is 4.06. The van der Waals surface area contributed by atoms with Gasteiger partial charge in [-0.1, -0.05) is 0 Å². The van der Waals surface area contributed by atoms with Crippen LogP contribution in [0.3, 0.4) is 0 Å². The van der Waals surface area contributed by atoms with Crippen molar-refractivity contribution < 1.29 is 19.1 Å². The summed E-state index contributed by atoms with van der Waals surface area (Å²) < 4.78 is 12.1. The molecule has 5 nitrogen and oxygen atoms in total. The highest BCUT2D eigenvalue weighted by Crippen LogP contribution is 2.38. The number of hydrogen-bond donors (Lipinski definition) is 1. The number of amides is 1. The molecule has 1 N–H and O–H groups in total. The quantitative estimate of drug-likeness (QED) is 0.665. The minimum atomic E-state index is -0.480. The van der Waals surface area contributed by atoms with Crippen LogP contribution in [-0.2, 0) is 4.74 Å². The Morgan fingerprint density at radius 2 is 1.93 bits per heavy atom. The van der Waals surface area contributed by atoms with E-state index in [1.165, 1.54) is 0 Å². The maximum atomic E-state index is 13.0. The molecule has 1 aromatic carbocycles. The molecule has 0 saturated heterocycles. The molecule has 0 aromatic heterocycles. The number of ether oxygens (including phenoxy) is 2. The predicted molar refractivity (Wildman–Crippen MR) is 112 cm³/mol. The second kappa shape index (κ2) is 8.44. The average Bonchev–Trinajstić information content (AvgIpc) is 2.57. The molecule has 1 amide bonds. The van der Waals surface area contributed by atoms with Crippen LogP contribution in [0.5, 0.6) is 5.75 Å². The molecule has 0 radical (unpaired) electrons. The number of fused-ring (bicyclic) bond motifs is 1. The zero-order valence-corrected chi connectivity index (χ0v) is 18.7. The molecule has 1 heterocycles. The molecule has 6 heteroatoms. The Hall–Kier alpha value is -1.56. The standard InChI is InChI=1S/C22H30BrNO4/c1-13-9-17-19(25)15(12-27-20(17)18(23)10-13)11-14-5-7-16(8-6-14)24-21(26)28-22(2,3)4/h9-10,14-16H,5-8,11-12H2,1-4H3,(H,24,26)/t14?,15-,16?/m1/s1. The van der Waals surface area contributed by atoms with Gasteiger partial charge in [0.15, 0.2) is 5.78 Å².